The molecule has 4 rings (SSSR count). The molecule has 1 aliphatic heterocycles. The van der Waals surface area contributed by atoms with Crippen LogP contribution in [0.5, 0.6) is 5.75 Å². The Morgan fingerprint density at radius 2 is 1.30 bits per heavy atom. The molecule has 0 saturated carbocycles. The van der Waals surface area contributed by atoms with Crippen molar-refractivity contribution < 1.29 is 23.7 Å². The first-order chi connectivity index (χ1) is 16.3. The van der Waals surface area contributed by atoms with Crippen LogP contribution in [0.2, 0.25) is 0 Å². The smallest absolute Gasteiger partial charge is 0.150 e. The van der Waals surface area contributed by atoms with Crippen LogP contribution in [0, 0.1) is 0 Å². The second kappa shape index (κ2) is 12.2. The lowest BCUT2D eigenvalue weighted by Crippen LogP contribution is -2.45. The second-order valence-electron chi connectivity index (χ2n) is 7.89. The van der Waals surface area contributed by atoms with E-state index in [-0.39, 0.29) is 18.3 Å². The van der Waals surface area contributed by atoms with Crippen LogP contribution in [0.25, 0.3) is 0 Å². The Kier molecular flexibility index (Phi) is 8.53. The standard InChI is InChI=1S/C28H30O5/c1-29-25-14-12-24(13-15-25)19-32-26-16-17-31-27(21-30-18-22-8-4-2-5-9-22)28(26)33-20-23-10-6-3-7-11-23/h2-17,26-28H,18-21H2,1H3/t26-,27-,28-/m1/s1. The molecule has 0 spiro atoms. The Morgan fingerprint density at radius 3 is 1.97 bits per heavy atom. The van der Waals surface area contributed by atoms with Gasteiger partial charge in [-0.3, -0.25) is 0 Å². The Labute approximate surface area is 195 Å². The molecule has 1 aliphatic rings. The predicted molar refractivity (Wildman–Crippen MR) is 127 cm³/mol. The molecule has 0 saturated heterocycles. The lowest BCUT2D eigenvalue weighted by molar-refractivity contribution is -0.147. The van der Waals surface area contributed by atoms with Crippen molar-refractivity contribution in [3.63, 3.8) is 0 Å². The highest BCUT2D eigenvalue weighted by Crippen LogP contribution is 2.23. The molecule has 0 bridgehead atoms. The first kappa shape index (κ1) is 23.1. The molecule has 5 heteroatoms. The normalized spacial score (nSPS) is 19.7. The summed E-state index contributed by atoms with van der Waals surface area (Å²) in [6.07, 6.45) is 2.77. The molecule has 5 nitrogen and oxygen atoms in total. The second-order valence-corrected chi connectivity index (χ2v) is 7.89. The number of hydrogen-bond donors (Lipinski definition) is 0. The highest BCUT2D eigenvalue weighted by Gasteiger charge is 2.34. The minimum atomic E-state index is -0.302. The monoisotopic (exact) mass is 446 g/mol. The summed E-state index contributed by atoms with van der Waals surface area (Å²) in [5, 5.41) is 0. The lowest BCUT2D eigenvalue weighted by atomic mass is 10.1. The van der Waals surface area contributed by atoms with E-state index < -0.39 is 0 Å². The van der Waals surface area contributed by atoms with Crippen LogP contribution in [-0.4, -0.2) is 32.0 Å². The van der Waals surface area contributed by atoms with Gasteiger partial charge in [-0.05, 0) is 34.9 Å². The van der Waals surface area contributed by atoms with Crippen molar-refractivity contribution in [1.82, 2.24) is 0 Å². The fourth-order valence-electron chi connectivity index (χ4n) is 3.66. The van der Waals surface area contributed by atoms with Gasteiger partial charge < -0.3 is 23.7 Å². The molecule has 3 aromatic carbocycles. The molecule has 3 atom stereocenters. The van der Waals surface area contributed by atoms with Gasteiger partial charge in [0.15, 0.2) is 0 Å². The molecule has 33 heavy (non-hydrogen) atoms. The van der Waals surface area contributed by atoms with Gasteiger partial charge in [0.05, 0.1) is 39.8 Å². The maximum Gasteiger partial charge on any atom is 0.150 e. The minimum Gasteiger partial charge on any atom is -0.497 e. The van der Waals surface area contributed by atoms with Crippen molar-refractivity contribution in [1.29, 1.82) is 0 Å². The summed E-state index contributed by atoms with van der Waals surface area (Å²) in [4.78, 5) is 0. The summed E-state index contributed by atoms with van der Waals surface area (Å²) in [5.41, 5.74) is 3.29. The van der Waals surface area contributed by atoms with Crippen LogP contribution in [0.3, 0.4) is 0 Å². The molecular weight excluding hydrogens is 416 g/mol. The summed E-state index contributed by atoms with van der Waals surface area (Å²) in [5.74, 6) is 0.824. The van der Waals surface area contributed by atoms with Crippen molar-refractivity contribution in [3.05, 3.63) is 114 Å². The predicted octanol–water partition coefficient (Wildman–Crippen LogP) is 5.30. The Bertz CT molecular complexity index is 972. The van der Waals surface area contributed by atoms with Gasteiger partial charge in [-0.25, -0.2) is 0 Å². The molecule has 0 amide bonds. The van der Waals surface area contributed by atoms with Crippen LogP contribution < -0.4 is 4.74 Å². The summed E-state index contributed by atoms with van der Waals surface area (Å²) in [6.45, 7) is 1.86. The van der Waals surface area contributed by atoms with E-state index in [0.29, 0.717) is 26.4 Å². The highest BCUT2D eigenvalue weighted by atomic mass is 16.6. The van der Waals surface area contributed by atoms with E-state index in [2.05, 4.69) is 0 Å². The largest absolute Gasteiger partial charge is 0.497 e. The number of hydrogen-bond acceptors (Lipinski definition) is 5. The molecule has 0 unspecified atom stereocenters. The third-order valence-electron chi connectivity index (χ3n) is 5.49. The van der Waals surface area contributed by atoms with Crippen molar-refractivity contribution in [3.8, 4) is 5.75 Å². The van der Waals surface area contributed by atoms with Crippen LogP contribution in [0.4, 0.5) is 0 Å². The zero-order chi connectivity index (χ0) is 22.7. The van der Waals surface area contributed by atoms with Gasteiger partial charge in [0, 0.05) is 0 Å². The van der Waals surface area contributed by atoms with Gasteiger partial charge in [-0.1, -0.05) is 72.8 Å². The summed E-state index contributed by atoms with van der Waals surface area (Å²) >= 11 is 0. The van der Waals surface area contributed by atoms with Crippen molar-refractivity contribution in [2.45, 2.75) is 38.1 Å². The summed E-state index contributed by atoms with van der Waals surface area (Å²) in [7, 11) is 1.66. The first-order valence-electron chi connectivity index (χ1n) is 11.2. The number of ether oxygens (including phenoxy) is 5. The van der Waals surface area contributed by atoms with Gasteiger partial charge in [0.1, 0.15) is 24.1 Å². The first-order valence-corrected chi connectivity index (χ1v) is 11.2. The van der Waals surface area contributed by atoms with Crippen molar-refractivity contribution >= 4 is 0 Å². The Morgan fingerprint density at radius 1 is 0.697 bits per heavy atom. The van der Waals surface area contributed by atoms with Crippen LogP contribution in [0.15, 0.2) is 97.3 Å². The van der Waals surface area contributed by atoms with E-state index in [1.165, 1.54) is 0 Å². The van der Waals surface area contributed by atoms with Crippen LogP contribution in [0.1, 0.15) is 16.7 Å². The van der Waals surface area contributed by atoms with Crippen molar-refractivity contribution in [2.24, 2.45) is 0 Å². The van der Waals surface area contributed by atoms with Gasteiger partial charge in [-0.2, -0.15) is 0 Å². The molecule has 0 N–H and O–H groups in total. The molecule has 0 aromatic heterocycles. The number of benzene rings is 3. The Hall–Kier alpha value is -3.12. The van der Waals surface area contributed by atoms with E-state index in [1.54, 1.807) is 13.4 Å². The van der Waals surface area contributed by atoms with E-state index in [9.17, 15) is 0 Å². The van der Waals surface area contributed by atoms with E-state index in [0.717, 1.165) is 22.4 Å². The van der Waals surface area contributed by atoms with Gasteiger partial charge in [0.2, 0.25) is 0 Å². The van der Waals surface area contributed by atoms with Gasteiger partial charge >= 0.3 is 0 Å². The molecule has 0 radical (unpaired) electrons. The zero-order valence-corrected chi connectivity index (χ0v) is 18.8. The average Bonchev–Trinajstić information content (AvgIpc) is 2.88. The van der Waals surface area contributed by atoms with Gasteiger partial charge in [0.25, 0.3) is 0 Å². The maximum atomic E-state index is 6.32. The minimum absolute atomic E-state index is 0.255. The van der Waals surface area contributed by atoms with Crippen LogP contribution in [-0.2, 0) is 38.8 Å². The third-order valence-corrected chi connectivity index (χ3v) is 5.49. The molecule has 0 aliphatic carbocycles. The van der Waals surface area contributed by atoms with E-state index >= 15 is 0 Å². The quantitative estimate of drug-likeness (QED) is 0.400. The van der Waals surface area contributed by atoms with E-state index in [4.69, 9.17) is 23.7 Å². The number of methoxy groups -OCH3 is 1. The molecule has 0 fully saturated rings. The summed E-state index contributed by atoms with van der Waals surface area (Å²) < 4.78 is 29.7. The maximum absolute atomic E-state index is 6.32. The SMILES string of the molecule is COc1ccc(CO[C@@H]2C=CO[C@H](COCc3ccccc3)[C@@H]2OCc2ccccc2)cc1. The molecular formula is C28H30O5. The molecule has 172 valence electrons. The lowest BCUT2D eigenvalue weighted by Gasteiger charge is -2.34. The topological polar surface area (TPSA) is 46.2 Å². The third kappa shape index (κ3) is 6.93. The summed E-state index contributed by atoms with van der Waals surface area (Å²) in [6, 6.07) is 28.1. The zero-order valence-electron chi connectivity index (χ0n) is 18.8. The molecule has 1 heterocycles. The van der Waals surface area contributed by atoms with Gasteiger partial charge in [-0.15, -0.1) is 0 Å². The van der Waals surface area contributed by atoms with Crippen LogP contribution >= 0.6 is 0 Å². The Balaban J connectivity index is 1.39. The molecule has 3 aromatic rings. The van der Waals surface area contributed by atoms with E-state index in [1.807, 2.05) is 91.0 Å². The number of rotatable bonds is 11. The fourth-order valence-corrected chi connectivity index (χ4v) is 3.66. The highest BCUT2D eigenvalue weighted by molar-refractivity contribution is 5.26. The van der Waals surface area contributed by atoms with Crippen molar-refractivity contribution in [2.75, 3.05) is 13.7 Å². The fraction of sp³-hybridized carbons (Fsp3) is 0.286. The average molecular weight is 447 g/mol.